The summed E-state index contributed by atoms with van der Waals surface area (Å²) in [6, 6.07) is 12.6. The number of hydrogen-bond donors (Lipinski definition) is 0. The highest BCUT2D eigenvalue weighted by Gasteiger charge is 2.31. The van der Waals surface area contributed by atoms with Crippen LogP contribution >= 0.6 is 11.3 Å². The second kappa shape index (κ2) is 7.69. The van der Waals surface area contributed by atoms with Gasteiger partial charge in [0.1, 0.15) is 22.1 Å². The van der Waals surface area contributed by atoms with Gasteiger partial charge >= 0.3 is 5.97 Å². The highest BCUT2D eigenvalue weighted by atomic mass is 32.1. The Labute approximate surface area is 188 Å². The highest BCUT2D eigenvalue weighted by molar-refractivity contribution is 7.12. The van der Waals surface area contributed by atoms with Crippen LogP contribution in [-0.2, 0) is 7.05 Å². The molecule has 6 nitrogen and oxygen atoms in total. The fourth-order valence-electron chi connectivity index (χ4n) is 3.81. The van der Waals surface area contributed by atoms with Gasteiger partial charge in [0.2, 0.25) is 5.78 Å². The van der Waals surface area contributed by atoms with Crippen molar-refractivity contribution in [3.63, 3.8) is 0 Å². The molecule has 2 aromatic heterocycles. The van der Waals surface area contributed by atoms with E-state index >= 15 is 0 Å². The number of methoxy groups -OCH3 is 1. The van der Waals surface area contributed by atoms with Crippen molar-refractivity contribution in [3.8, 4) is 17.2 Å². The summed E-state index contributed by atoms with van der Waals surface area (Å²) in [7, 11) is 3.56. The van der Waals surface area contributed by atoms with E-state index in [4.69, 9.17) is 14.2 Å². The van der Waals surface area contributed by atoms with Gasteiger partial charge in [-0.3, -0.25) is 4.79 Å². The molecule has 1 aliphatic rings. The van der Waals surface area contributed by atoms with Crippen LogP contribution in [0.2, 0.25) is 0 Å². The molecule has 2 aromatic carbocycles. The first kappa shape index (κ1) is 20.1. The van der Waals surface area contributed by atoms with Crippen LogP contribution in [0.5, 0.6) is 17.2 Å². The maximum Gasteiger partial charge on any atom is 0.353 e. The van der Waals surface area contributed by atoms with E-state index in [9.17, 15) is 9.59 Å². The molecule has 0 radical (unpaired) electrons. The maximum atomic E-state index is 13.0. The first-order valence-corrected chi connectivity index (χ1v) is 10.8. The van der Waals surface area contributed by atoms with Crippen LogP contribution in [0.4, 0.5) is 0 Å². The van der Waals surface area contributed by atoms with Crippen molar-refractivity contribution >= 4 is 40.1 Å². The van der Waals surface area contributed by atoms with E-state index in [1.54, 1.807) is 44.4 Å². The van der Waals surface area contributed by atoms with E-state index in [0.29, 0.717) is 27.5 Å². The van der Waals surface area contributed by atoms with Crippen molar-refractivity contribution in [2.24, 2.45) is 7.05 Å². The number of thiophene rings is 1. The predicted molar refractivity (Wildman–Crippen MR) is 123 cm³/mol. The molecule has 0 N–H and O–H groups in total. The second-order valence-electron chi connectivity index (χ2n) is 7.45. The van der Waals surface area contributed by atoms with Crippen LogP contribution in [0.1, 0.15) is 31.2 Å². The van der Waals surface area contributed by atoms with Crippen molar-refractivity contribution in [1.29, 1.82) is 0 Å². The number of hydrogen-bond acceptors (Lipinski definition) is 6. The summed E-state index contributed by atoms with van der Waals surface area (Å²) in [5.41, 5.74) is 2.91. The summed E-state index contributed by atoms with van der Waals surface area (Å²) in [5.74, 6) is 1.09. The normalized spacial score (nSPS) is 14.0. The number of fused-ring (bicyclic) bond motifs is 2. The van der Waals surface area contributed by atoms with Crippen LogP contribution in [-0.4, -0.2) is 23.4 Å². The number of ketones is 1. The van der Waals surface area contributed by atoms with Gasteiger partial charge in [-0.05, 0) is 54.8 Å². The lowest BCUT2D eigenvalue weighted by Gasteiger charge is -2.09. The molecule has 4 aromatic rings. The molecule has 0 amide bonds. The largest absolute Gasteiger partial charge is 0.497 e. The van der Waals surface area contributed by atoms with E-state index in [2.05, 4.69) is 0 Å². The number of ether oxygens (including phenoxy) is 3. The maximum absolute atomic E-state index is 13.0. The number of aryl methyl sites for hydroxylation is 1. The minimum atomic E-state index is -0.437. The first-order chi connectivity index (χ1) is 15.5. The average molecular weight is 445 g/mol. The number of rotatable bonds is 4. The molecule has 0 bridgehead atoms. The van der Waals surface area contributed by atoms with E-state index in [1.165, 1.54) is 11.3 Å². The Morgan fingerprint density at radius 1 is 1.19 bits per heavy atom. The lowest BCUT2D eigenvalue weighted by atomic mass is 10.1. The van der Waals surface area contributed by atoms with Crippen molar-refractivity contribution in [3.05, 3.63) is 81.4 Å². The number of Topliss-reactive ketones (excluding diaryl/α,β-unsaturated/α-hetero) is 1. The van der Waals surface area contributed by atoms with Crippen molar-refractivity contribution in [2.45, 2.75) is 6.92 Å². The van der Waals surface area contributed by atoms with Crippen LogP contribution in [0.25, 0.3) is 17.0 Å². The Balaban J connectivity index is 1.49. The lowest BCUT2D eigenvalue weighted by Crippen LogP contribution is -2.07. The molecule has 160 valence electrons. The summed E-state index contributed by atoms with van der Waals surface area (Å²) in [6.45, 7) is 1.77. The molecular formula is C25H19NO5S. The Kier molecular flexibility index (Phi) is 4.83. The van der Waals surface area contributed by atoms with Crippen LogP contribution in [0, 0.1) is 6.92 Å². The number of carbonyl (C=O) groups excluding carboxylic acids is 2. The molecule has 0 saturated heterocycles. The summed E-state index contributed by atoms with van der Waals surface area (Å²) in [5, 5.41) is 2.77. The first-order valence-electron chi connectivity index (χ1n) is 9.93. The third kappa shape index (κ3) is 3.27. The van der Waals surface area contributed by atoms with Crippen LogP contribution < -0.4 is 14.2 Å². The zero-order valence-electron chi connectivity index (χ0n) is 17.7. The standard InChI is InChI=1S/C25H19NO5S/c1-14-20(31-25(28)22-5-4-10-32-22)9-7-17-23(27)21(30-24(14)17)11-15-13-26(2)19-8-6-16(29-3)12-18(15)19/h4-13H,1-3H3. The van der Waals surface area contributed by atoms with Gasteiger partial charge in [0.15, 0.2) is 5.76 Å². The fraction of sp³-hybridized carbons (Fsp3) is 0.120. The van der Waals surface area contributed by atoms with Gasteiger partial charge in [-0.1, -0.05) is 6.07 Å². The minimum Gasteiger partial charge on any atom is -0.497 e. The summed E-state index contributed by atoms with van der Waals surface area (Å²) in [6.07, 6.45) is 3.68. The van der Waals surface area contributed by atoms with Crippen LogP contribution in [0.15, 0.2) is 59.8 Å². The lowest BCUT2D eigenvalue weighted by molar-refractivity contribution is 0.0738. The zero-order valence-corrected chi connectivity index (χ0v) is 18.5. The second-order valence-corrected chi connectivity index (χ2v) is 8.40. The molecule has 32 heavy (non-hydrogen) atoms. The number of allylic oxidation sites excluding steroid dienone is 1. The number of nitrogens with zero attached hydrogens (tertiary/aromatic N) is 1. The van der Waals surface area contributed by atoms with Gasteiger partial charge in [0.05, 0.1) is 12.7 Å². The van der Waals surface area contributed by atoms with Gasteiger partial charge in [-0.25, -0.2) is 4.79 Å². The van der Waals surface area contributed by atoms with Crippen LogP contribution in [0.3, 0.4) is 0 Å². The summed E-state index contributed by atoms with van der Waals surface area (Å²) in [4.78, 5) is 25.8. The van der Waals surface area contributed by atoms with Crippen molar-refractivity contribution < 1.29 is 23.8 Å². The molecule has 0 unspecified atom stereocenters. The molecule has 0 spiro atoms. The number of esters is 1. The monoisotopic (exact) mass is 445 g/mol. The molecule has 3 heterocycles. The van der Waals surface area contributed by atoms with E-state index in [-0.39, 0.29) is 11.5 Å². The van der Waals surface area contributed by atoms with Gasteiger partial charge in [-0.2, -0.15) is 0 Å². The third-order valence-corrected chi connectivity index (χ3v) is 6.33. The molecular weight excluding hydrogens is 426 g/mol. The molecule has 0 saturated carbocycles. The van der Waals surface area contributed by atoms with E-state index < -0.39 is 5.97 Å². The minimum absolute atomic E-state index is 0.209. The quantitative estimate of drug-likeness (QED) is 0.239. The smallest absolute Gasteiger partial charge is 0.353 e. The summed E-state index contributed by atoms with van der Waals surface area (Å²) < 4.78 is 18.8. The van der Waals surface area contributed by atoms with Gasteiger partial charge in [-0.15, -0.1) is 11.3 Å². The Morgan fingerprint density at radius 3 is 2.78 bits per heavy atom. The van der Waals surface area contributed by atoms with E-state index in [0.717, 1.165) is 22.2 Å². The topological polar surface area (TPSA) is 66.8 Å². The molecule has 0 fully saturated rings. The Hall–Kier alpha value is -3.84. The highest BCUT2D eigenvalue weighted by Crippen LogP contribution is 2.40. The van der Waals surface area contributed by atoms with Crippen molar-refractivity contribution in [1.82, 2.24) is 4.57 Å². The summed E-state index contributed by atoms with van der Waals surface area (Å²) >= 11 is 1.31. The van der Waals surface area contributed by atoms with E-state index in [1.807, 2.05) is 41.4 Å². The van der Waals surface area contributed by atoms with Gasteiger partial charge in [0, 0.05) is 35.3 Å². The number of aromatic nitrogens is 1. The number of benzene rings is 2. The fourth-order valence-corrected chi connectivity index (χ4v) is 4.41. The van der Waals surface area contributed by atoms with Crippen molar-refractivity contribution in [2.75, 3.05) is 7.11 Å². The molecule has 7 heteroatoms. The Bertz CT molecular complexity index is 1410. The SMILES string of the molecule is COc1ccc2c(c1)c(C=C1Oc3c(ccc(OC(=O)c4cccs4)c3C)C1=O)cn2C. The third-order valence-electron chi connectivity index (χ3n) is 5.48. The average Bonchev–Trinajstić information content (AvgIpc) is 3.51. The molecule has 0 aliphatic carbocycles. The zero-order chi connectivity index (χ0) is 22.4. The molecule has 5 rings (SSSR count). The number of carbonyl (C=O) groups is 2. The van der Waals surface area contributed by atoms with Gasteiger partial charge in [0.25, 0.3) is 0 Å². The Morgan fingerprint density at radius 2 is 2.03 bits per heavy atom. The molecule has 1 aliphatic heterocycles. The van der Waals surface area contributed by atoms with Gasteiger partial charge < -0.3 is 18.8 Å². The molecule has 0 atom stereocenters. The predicted octanol–water partition coefficient (Wildman–Crippen LogP) is 5.39.